The Morgan fingerprint density at radius 1 is 0.871 bits per heavy atom. The molecular weight excluding hydrogens is 390 g/mol. The van der Waals surface area contributed by atoms with Crippen molar-refractivity contribution in [1.82, 2.24) is 4.90 Å². The molecule has 31 heavy (non-hydrogen) atoms. The fourth-order valence-electron chi connectivity index (χ4n) is 4.21. The van der Waals surface area contributed by atoms with Crippen molar-refractivity contribution in [3.05, 3.63) is 108 Å². The molecule has 0 bridgehead atoms. The third-order valence-electron chi connectivity index (χ3n) is 5.61. The molecule has 154 valence electrons. The molecule has 2 atom stereocenters. The van der Waals surface area contributed by atoms with Crippen molar-refractivity contribution >= 4 is 23.3 Å². The monoisotopic (exact) mass is 411 g/mol. The SMILES string of the molecule is O=C1C[C@@H]2OC(c3ccccc3)=C(c3ccccc3)[C@@H]2N1C(=O)OCc1ccccc1. The fraction of sp³-hybridized carbons (Fsp3) is 0.154. The predicted octanol–water partition coefficient (Wildman–Crippen LogP) is 4.89. The molecule has 2 amide bonds. The van der Waals surface area contributed by atoms with Gasteiger partial charge in [0, 0.05) is 11.1 Å². The lowest BCUT2D eigenvalue weighted by molar-refractivity contribution is -0.127. The highest BCUT2D eigenvalue weighted by molar-refractivity contribution is 6.03. The van der Waals surface area contributed by atoms with Gasteiger partial charge in [-0.2, -0.15) is 0 Å². The fourth-order valence-corrected chi connectivity index (χ4v) is 4.21. The number of amides is 2. The minimum absolute atomic E-state index is 0.109. The van der Waals surface area contributed by atoms with Gasteiger partial charge in [0.25, 0.3) is 0 Å². The highest BCUT2D eigenvalue weighted by Crippen LogP contribution is 2.45. The molecule has 0 spiro atoms. The highest BCUT2D eigenvalue weighted by Gasteiger charge is 2.52. The summed E-state index contributed by atoms with van der Waals surface area (Å²) in [5.41, 5.74) is 3.54. The molecule has 0 saturated carbocycles. The molecule has 0 unspecified atom stereocenters. The van der Waals surface area contributed by atoms with Crippen LogP contribution in [0.4, 0.5) is 4.79 Å². The molecule has 5 rings (SSSR count). The van der Waals surface area contributed by atoms with Gasteiger partial charge in [0.2, 0.25) is 5.91 Å². The number of benzene rings is 3. The lowest BCUT2D eigenvalue weighted by atomic mass is 9.94. The van der Waals surface area contributed by atoms with E-state index in [0.717, 1.165) is 22.3 Å². The van der Waals surface area contributed by atoms with Gasteiger partial charge in [0.15, 0.2) is 0 Å². The molecule has 1 fully saturated rings. The van der Waals surface area contributed by atoms with Gasteiger partial charge in [-0.15, -0.1) is 0 Å². The largest absolute Gasteiger partial charge is 0.486 e. The number of fused-ring (bicyclic) bond motifs is 1. The zero-order valence-corrected chi connectivity index (χ0v) is 16.8. The Kier molecular flexibility index (Phi) is 5.00. The highest BCUT2D eigenvalue weighted by atomic mass is 16.6. The van der Waals surface area contributed by atoms with E-state index < -0.39 is 18.2 Å². The first kappa shape index (κ1) is 19.1. The number of carbonyl (C=O) groups is 2. The summed E-state index contributed by atoms with van der Waals surface area (Å²) in [6.45, 7) is 0.109. The molecule has 0 radical (unpaired) electrons. The maximum absolute atomic E-state index is 13.0. The van der Waals surface area contributed by atoms with Crippen LogP contribution in [-0.2, 0) is 20.9 Å². The van der Waals surface area contributed by atoms with Gasteiger partial charge in [-0.3, -0.25) is 4.79 Å². The topological polar surface area (TPSA) is 55.8 Å². The summed E-state index contributed by atoms with van der Waals surface area (Å²) in [6.07, 6.45) is -0.938. The average molecular weight is 411 g/mol. The Hall–Kier alpha value is -3.86. The molecule has 2 heterocycles. The number of imide groups is 1. The quantitative estimate of drug-likeness (QED) is 0.613. The summed E-state index contributed by atoms with van der Waals surface area (Å²) >= 11 is 0. The van der Waals surface area contributed by atoms with E-state index >= 15 is 0 Å². The van der Waals surface area contributed by atoms with E-state index in [9.17, 15) is 9.59 Å². The van der Waals surface area contributed by atoms with E-state index in [2.05, 4.69) is 0 Å². The molecule has 3 aromatic carbocycles. The number of hydrogen-bond acceptors (Lipinski definition) is 4. The number of rotatable bonds is 4. The minimum Gasteiger partial charge on any atom is -0.486 e. The Labute approximate surface area is 180 Å². The first-order valence-corrected chi connectivity index (χ1v) is 10.3. The van der Waals surface area contributed by atoms with Crippen LogP contribution >= 0.6 is 0 Å². The van der Waals surface area contributed by atoms with Crippen LogP contribution in [0.15, 0.2) is 91.0 Å². The van der Waals surface area contributed by atoms with Crippen LogP contribution in [-0.4, -0.2) is 29.0 Å². The number of nitrogens with zero attached hydrogens (tertiary/aromatic N) is 1. The van der Waals surface area contributed by atoms with Crippen LogP contribution in [0.5, 0.6) is 0 Å². The van der Waals surface area contributed by atoms with E-state index in [0.29, 0.717) is 5.76 Å². The Morgan fingerprint density at radius 3 is 2.10 bits per heavy atom. The van der Waals surface area contributed by atoms with Crippen LogP contribution < -0.4 is 0 Å². The summed E-state index contributed by atoms with van der Waals surface area (Å²) in [7, 11) is 0. The Balaban J connectivity index is 1.50. The second-order valence-corrected chi connectivity index (χ2v) is 7.58. The molecule has 0 aliphatic carbocycles. The first-order valence-electron chi connectivity index (χ1n) is 10.3. The van der Waals surface area contributed by atoms with Crippen LogP contribution in [0.25, 0.3) is 11.3 Å². The van der Waals surface area contributed by atoms with Gasteiger partial charge in [-0.25, -0.2) is 9.69 Å². The van der Waals surface area contributed by atoms with Crippen molar-refractivity contribution in [3.8, 4) is 0 Å². The normalized spacial score (nSPS) is 19.9. The Bertz CT molecular complexity index is 1130. The molecule has 5 nitrogen and oxygen atoms in total. The molecule has 3 aromatic rings. The smallest absolute Gasteiger partial charge is 0.417 e. The number of likely N-dealkylation sites (tertiary alicyclic amines) is 1. The lowest BCUT2D eigenvalue weighted by Crippen LogP contribution is -2.41. The molecule has 5 heteroatoms. The van der Waals surface area contributed by atoms with Gasteiger partial charge < -0.3 is 9.47 Å². The second kappa shape index (κ2) is 8.11. The Morgan fingerprint density at radius 2 is 1.45 bits per heavy atom. The van der Waals surface area contributed by atoms with Gasteiger partial charge in [0.05, 0.1) is 6.42 Å². The van der Waals surface area contributed by atoms with E-state index in [-0.39, 0.29) is 18.9 Å². The first-order chi connectivity index (χ1) is 15.2. The summed E-state index contributed by atoms with van der Waals surface area (Å²) in [6, 6.07) is 28.4. The third kappa shape index (κ3) is 3.59. The zero-order valence-electron chi connectivity index (χ0n) is 16.8. The summed E-state index contributed by atoms with van der Waals surface area (Å²) < 4.78 is 11.8. The van der Waals surface area contributed by atoms with Crippen molar-refractivity contribution in [1.29, 1.82) is 0 Å². The van der Waals surface area contributed by atoms with Gasteiger partial charge in [-0.1, -0.05) is 91.0 Å². The van der Waals surface area contributed by atoms with E-state index in [1.165, 1.54) is 4.90 Å². The molecule has 2 aliphatic rings. The maximum Gasteiger partial charge on any atom is 0.417 e. The number of hydrogen-bond donors (Lipinski definition) is 0. The van der Waals surface area contributed by atoms with Crippen LogP contribution in [0.3, 0.4) is 0 Å². The zero-order chi connectivity index (χ0) is 21.2. The third-order valence-corrected chi connectivity index (χ3v) is 5.61. The maximum atomic E-state index is 13.0. The van der Waals surface area contributed by atoms with Crippen LogP contribution in [0.2, 0.25) is 0 Å². The number of carbonyl (C=O) groups excluding carboxylic acids is 2. The second-order valence-electron chi connectivity index (χ2n) is 7.58. The summed E-state index contributed by atoms with van der Waals surface area (Å²) in [5, 5.41) is 0. The van der Waals surface area contributed by atoms with Gasteiger partial charge in [-0.05, 0) is 11.1 Å². The van der Waals surface area contributed by atoms with Crippen LogP contribution in [0, 0.1) is 0 Å². The summed E-state index contributed by atoms with van der Waals surface area (Å²) in [5.74, 6) is 0.420. The lowest BCUT2D eigenvalue weighted by Gasteiger charge is -2.23. The predicted molar refractivity (Wildman–Crippen MR) is 116 cm³/mol. The molecule has 1 saturated heterocycles. The van der Waals surface area contributed by atoms with Crippen LogP contribution in [0.1, 0.15) is 23.1 Å². The van der Waals surface area contributed by atoms with E-state index in [1.807, 2.05) is 91.0 Å². The van der Waals surface area contributed by atoms with Crippen molar-refractivity contribution in [3.63, 3.8) is 0 Å². The van der Waals surface area contributed by atoms with Gasteiger partial charge in [0.1, 0.15) is 24.5 Å². The number of ether oxygens (including phenoxy) is 2. The molecular formula is C26H21NO4. The minimum atomic E-state index is -0.646. The molecule has 0 aromatic heterocycles. The van der Waals surface area contributed by atoms with Crippen molar-refractivity contribution in [2.24, 2.45) is 0 Å². The molecule has 2 aliphatic heterocycles. The van der Waals surface area contributed by atoms with Gasteiger partial charge >= 0.3 is 6.09 Å². The standard InChI is InChI=1S/C26H21NO4/c28-22-16-21-24(27(22)26(29)30-17-18-10-4-1-5-11-18)23(19-12-6-2-7-13-19)25(31-21)20-14-8-3-9-15-20/h1-15,21,24H,16-17H2/t21-,24+/m0/s1. The van der Waals surface area contributed by atoms with Crippen molar-refractivity contribution in [2.45, 2.75) is 25.2 Å². The van der Waals surface area contributed by atoms with Crippen molar-refractivity contribution < 1.29 is 19.1 Å². The van der Waals surface area contributed by atoms with E-state index in [4.69, 9.17) is 9.47 Å². The van der Waals surface area contributed by atoms with E-state index in [1.54, 1.807) is 0 Å². The molecule has 0 N–H and O–H groups in total. The summed E-state index contributed by atoms with van der Waals surface area (Å²) in [4.78, 5) is 27.0. The average Bonchev–Trinajstić information content (AvgIpc) is 3.33. The van der Waals surface area contributed by atoms with Crippen molar-refractivity contribution in [2.75, 3.05) is 0 Å².